The number of hydrogen-bond acceptors (Lipinski definition) is 0. The number of benzene rings is 3. The topological polar surface area (TPSA) is 4.93 Å². The summed E-state index contributed by atoms with van der Waals surface area (Å²) in [6.45, 7) is 14.4. The van der Waals surface area contributed by atoms with Gasteiger partial charge in [-0.15, -0.1) is 0 Å². The van der Waals surface area contributed by atoms with E-state index in [1.165, 1.54) is 33.1 Å². The number of aromatic nitrogens is 1. The van der Waals surface area contributed by atoms with Crippen molar-refractivity contribution in [2.45, 2.75) is 45.8 Å². The summed E-state index contributed by atoms with van der Waals surface area (Å²) in [5, 5.41) is 4.21. The van der Waals surface area contributed by atoms with Crippen LogP contribution in [0.4, 0.5) is 0 Å². The summed E-state index contributed by atoms with van der Waals surface area (Å²) in [6.07, 6.45) is 0. The van der Waals surface area contributed by atoms with E-state index in [4.69, 9.17) is 0 Å². The van der Waals surface area contributed by atoms with Crippen LogP contribution in [0.1, 0.15) is 26.3 Å². The van der Waals surface area contributed by atoms with Crippen LogP contribution >= 0.6 is 0 Å². The minimum Gasteiger partial charge on any atom is -0.309 e. The van der Waals surface area contributed by atoms with Crippen molar-refractivity contribution in [2.24, 2.45) is 0 Å². The molecule has 0 atom stereocenters. The van der Waals surface area contributed by atoms with Crippen LogP contribution in [-0.4, -0.2) is 12.6 Å². The summed E-state index contributed by atoms with van der Waals surface area (Å²) in [5.74, 6) is 0. The van der Waals surface area contributed by atoms with E-state index in [2.05, 4.69) is 112 Å². The lowest BCUT2D eigenvalue weighted by atomic mass is 9.85. The van der Waals surface area contributed by atoms with Crippen LogP contribution in [0.15, 0.2) is 66.7 Å². The van der Waals surface area contributed by atoms with Crippen molar-refractivity contribution >= 4 is 35.1 Å². The van der Waals surface area contributed by atoms with Crippen molar-refractivity contribution < 1.29 is 0 Å². The molecule has 4 rings (SSSR count). The van der Waals surface area contributed by atoms with Crippen molar-refractivity contribution in [3.8, 4) is 5.69 Å². The summed E-state index contributed by atoms with van der Waals surface area (Å²) < 4.78 is 2.48. The molecule has 0 saturated heterocycles. The first-order valence-corrected chi connectivity index (χ1v) is 13.3. The molecule has 0 unspecified atom stereocenters. The van der Waals surface area contributed by atoms with E-state index in [1.54, 1.807) is 5.19 Å². The molecule has 1 heterocycles. The van der Waals surface area contributed by atoms with Gasteiger partial charge in [0.1, 0.15) is 0 Å². The SMILES string of the molecule is CC(C)(C)c1c(-n2c3ccccc3c3ccccc32)cccc1[Si](C)(C)C. The Morgan fingerprint density at radius 2 is 1.19 bits per heavy atom. The second kappa shape index (κ2) is 6.10. The Kier molecular flexibility index (Phi) is 4.08. The van der Waals surface area contributed by atoms with E-state index in [0.29, 0.717) is 0 Å². The number of rotatable bonds is 2. The smallest absolute Gasteiger partial charge is 0.0780 e. The Hall–Kier alpha value is -2.32. The molecule has 0 bridgehead atoms. The minimum atomic E-state index is -1.48. The van der Waals surface area contributed by atoms with Crippen LogP contribution in [0.25, 0.3) is 27.5 Å². The highest BCUT2D eigenvalue weighted by molar-refractivity contribution is 6.89. The lowest BCUT2D eigenvalue weighted by Crippen LogP contribution is -2.43. The number of nitrogens with zero attached hydrogens (tertiary/aromatic N) is 1. The molecule has 0 aliphatic rings. The van der Waals surface area contributed by atoms with Gasteiger partial charge in [-0.1, -0.05) is 94.1 Å². The minimum absolute atomic E-state index is 0.0820. The van der Waals surface area contributed by atoms with Crippen LogP contribution in [0.2, 0.25) is 19.6 Å². The zero-order valence-electron chi connectivity index (χ0n) is 17.3. The van der Waals surface area contributed by atoms with Crippen molar-refractivity contribution in [2.75, 3.05) is 0 Å². The summed E-state index contributed by atoms with van der Waals surface area (Å²) in [7, 11) is -1.48. The third-order valence-electron chi connectivity index (χ3n) is 5.42. The predicted octanol–water partition coefficient (Wildman–Crippen LogP) is 6.63. The number of fused-ring (bicyclic) bond motifs is 3. The molecule has 0 aliphatic carbocycles. The van der Waals surface area contributed by atoms with E-state index in [0.717, 1.165) is 0 Å². The zero-order chi connectivity index (χ0) is 19.4. The molecule has 1 aromatic heterocycles. The van der Waals surface area contributed by atoms with Gasteiger partial charge in [0.05, 0.1) is 19.1 Å². The van der Waals surface area contributed by atoms with Gasteiger partial charge >= 0.3 is 0 Å². The van der Waals surface area contributed by atoms with Crippen molar-refractivity contribution in [3.05, 3.63) is 72.3 Å². The second-order valence-corrected chi connectivity index (χ2v) is 14.6. The lowest BCUT2D eigenvalue weighted by Gasteiger charge is -2.32. The Morgan fingerprint density at radius 3 is 1.67 bits per heavy atom. The first-order valence-electron chi connectivity index (χ1n) is 9.82. The van der Waals surface area contributed by atoms with Gasteiger partial charge in [0.2, 0.25) is 0 Å². The number of para-hydroxylation sites is 2. The van der Waals surface area contributed by atoms with Crippen LogP contribution in [0.5, 0.6) is 0 Å². The standard InChI is InChI=1S/C25H29NSi/c1-25(2,3)24-22(16-11-17-23(24)27(4,5)6)26-20-14-9-7-12-18(20)19-13-8-10-15-21(19)26/h7-17H,1-6H3. The Labute approximate surface area is 163 Å². The third kappa shape index (κ3) is 2.92. The molecule has 0 aliphatic heterocycles. The van der Waals surface area contributed by atoms with Gasteiger partial charge in [0.25, 0.3) is 0 Å². The van der Waals surface area contributed by atoms with E-state index in [1.807, 2.05) is 0 Å². The monoisotopic (exact) mass is 371 g/mol. The highest BCUT2D eigenvalue weighted by atomic mass is 28.3. The molecule has 0 spiro atoms. The zero-order valence-corrected chi connectivity index (χ0v) is 18.3. The highest BCUT2D eigenvalue weighted by Crippen LogP contribution is 2.36. The maximum absolute atomic E-state index is 2.48. The molecule has 0 fully saturated rings. The van der Waals surface area contributed by atoms with Crippen molar-refractivity contribution in [1.29, 1.82) is 0 Å². The normalized spacial score (nSPS) is 12.8. The Bertz CT molecular complexity index is 1080. The van der Waals surface area contributed by atoms with Crippen molar-refractivity contribution in [3.63, 3.8) is 0 Å². The maximum Gasteiger partial charge on any atom is 0.0780 e. The van der Waals surface area contributed by atoms with Gasteiger partial charge in [-0.3, -0.25) is 0 Å². The predicted molar refractivity (Wildman–Crippen MR) is 122 cm³/mol. The summed E-state index contributed by atoms with van der Waals surface area (Å²) in [5.41, 5.74) is 5.49. The van der Waals surface area contributed by atoms with Gasteiger partial charge in [0, 0.05) is 16.5 Å². The maximum atomic E-state index is 2.48. The summed E-state index contributed by atoms with van der Waals surface area (Å²) in [6, 6.07) is 24.5. The molecule has 0 amide bonds. The second-order valence-electron chi connectivity index (χ2n) is 9.57. The van der Waals surface area contributed by atoms with Crippen LogP contribution in [0.3, 0.4) is 0 Å². The van der Waals surface area contributed by atoms with Crippen molar-refractivity contribution in [1.82, 2.24) is 4.57 Å². The summed E-state index contributed by atoms with van der Waals surface area (Å²) in [4.78, 5) is 0. The largest absolute Gasteiger partial charge is 0.309 e. The molecular weight excluding hydrogens is 342 g/mol. The van der Waals surface area contributed by atoms with E-state index in [-0.39, 0.29) is 5.41 Å². The Morgan fingerprint density at radius 1 is 0.667 bits per heavy atom. The van der Waals surface area contributed by atoms with Gasteiger partial charge < -0.3 is 4.57 Å². The molecule has 4 aromatic rings. The molecule has 0 saturated carbocycles. The fourth-order valence-electron chi connectivity index (χ4n) is 4.32. The van der Waals surface area contributed by atoms with Gasteiger partial charge in [0.15, 0.2) is 0 Å². The lowest BCUT2D eigenvalue weighted by molar-refractivity contribution is 0.591. The Balaban J connectivity index is 2.20. The van der Waals surface area contributed by atoms with Crippen LogP contribution < -0.4 is 5.19 Å². The molecular formula is C25H29NSi. The van der Waals surface area contributed by atoms with Crippen LogP contribution in [0, 0.1) is 0 Å². The van der Waals surface area contributed by atoms with E-state index in [9.17, 15) is 0 Å². The molecule has 1 nitrogen and oxygen atoms in total. The molecule has 27 heavy (non-hydrogen) atoms. The van der Waals surface area contributed by atoms with Gasteiger partial charge in [-0.05, 0) is 29.2 Å². The fraction of sp³-hybridized carbons (Fsp3) is 0.280. The third-order valence-corrected chi connectivity index (χ3v) is 7.45. The average Bonchev–Trinajstić information content (AvgIpc) is 2.94. The molecule has 0 N–H and O–H groups in total. The average molecular weight is 372 g/mol. The molecule has 2 heteroatoms. The molecule has 0 radical (unpaired) electrons. The molecule has 3 aromatic carbocycles. The fourth-order valence-corrected chi connectivity index (χ4v) is 6.17. The molecule has 138 valence electrons. The van der Waals surface area contributed by atoms with Crippen LogP contribution in [-0.2, 0) is 5.41 Å². The van der Waals surface area contributed by atoms with E-state index >= 15 is 0 Å². The quantitative estimate of drug-likeness (QED) is 0.349. The van der Waals surface area contributed by atoms with Gasteiger partial charge in [-0.25, -0.2) is 0 Å². The number of hydrogen-bond donors (Lipinski definition) is 0. The van der Waals surface area contributed by atoms with Gasteiger partial charge in [-0.2, -0.15) is 0 Å². The highest BCUT2D eigenvalue weighted by Gasteiger charge is 2.30. The summed E-state index contributed by atoms with van der Waals surface area (Å²) >= 11 is 0. The first-order chi connectivity index (χ1) is 12.7. The van der Waals surface area contributed by atoms with E-state index < -0.39 is 8.07 Å². The first kappa shape index (κ1) is 18.1.